The van der Waals surface area contributed by atoms with E-state index in [0.717, 1.165) is 4.90 Å². The van der Waals surface area contributed by atoms with Gasteiger partial charge in [-0.3, -0.25) is 0 Å². The van der Waals surface area contributed by atoms with Crippen LogP contribution in [0.15, 0.2) is 47.4 Å². The second-order valence-corrected chi connectivity index (χ2v) is 4.94. The van der Waals surface area contributed by atoms with Crippen molar-refractivity contribution >= 4 is 23.4 Å². The standard InChI is InChI=1S/C13H10ClFOS/c14-12-2-1-3-13(15)11(12)8-17-10-6-4-9(16)5-7-10/h1-7,16H,8H2. The number of aromatic hydroxyl groups is 1. The minimum atomic E-state index is -0.288. The van der Waals surface area contributed by atoms with E-state index < -0.39 is 0 Å². The molecule has 2 aromatic rings. The van der Waals surface area contributed by atoms with E-state index in [2.05, 4.69) is 0 Å². The first-order chi connectivity index (χ1) is 8.16. The third kappa shape index (κ3) is 3.14. The van der Waals surface area contributed by atoms with Gasteiger partial charge in [-0.25, -0.2) is 4.39 Å². The van der Waals surface area contributed by atoms with Crippen LogP contribution < -0.4 is 0 Å². The van der Waals surface area contributed by atoms with Gasteiger partial charge in [-0.05, 0) is 36.4 Å². The van der Waals surface area contributed by atoms with Gasteiger partial charge in [0.15, 0.2) is 0 Å². The summed E-state index contributed by atoms with van der Waals surface area (Å²) in [4.78, 5) is 0.960. The lowest BCUT2D eigenvalue weighted by molar-refractivity contribution is 0.475. The minimum Gasteiger partial charge on any atom is -0.508 e. The van der Waals surface area contributed by atoms with Crippen LogP contribution in [0.3, 0.4) is 0 Å². The third-order valence-corrected chi connectivity index (χ3v) is 3.67. The van der Waals surface area contributed by atoms with E-state index >= 15 is 0 Å². The van der Waals surface area contributed by atoms with Crippen molar-refractivity contribution in [2.75, 3.05) is 0 Å². The zero-order valence-corrected chi connectivity index (χ0v) is 10.4. The quantitative estimate of drug-likeness (QED) is 0.829. The molecule has 88 valence electrons. The summed E-state index contributed by atoms with van der Waals surface area (Å²) >= 11 is 7.40. The molecule has 0 amide bonds. The molecule has 1 nitrogen and oxygen atoms in total. The monoisotopic (exact) mass is 268 g/mol. The molecule has 0 spiro atoms. The Morgan fingerprint density at radius 1 is 1.12 bits per heavy atom. The van der Waals surface area contributed by atoms with Crippen molar-refractivity contribution in [3.05, 3.63) is 58.9 Å². The van der Waals surface area contributed by atoms with E-state index in [0.29, 0.717) is 16.3 Å². The highest BCUT2D eigenvalue weighted by atomic mass is 35.5. The smallest absolute Gasteiger partial charge is 0.128 e. The Morgan fingerprint density at radius 3 is 2.47 bits per heavy atom. The Kier molecular flexibility index (Phi) is 3.92. The van der Waals surface area contributed by atoms with Crippen LogP contribution in [0.25, 0.3) is 0 Å². The number of hydrogen-bond acceptors (Lipinski definition) is 2. The number of halogens is 2. The number of phenolic OH excluding ortho intramolecular Hbond substituents is 1. The van der Waals surface area contributed by atoms with Crippen molar-refractivity contribution in [1.82, 2.24) is 0 Å². The summed E-state index contributed by atoms with van der Waals surface area (Å²) in [6.45, 7) is 0. The molecule has 0 saturated heterocycles. The maximum Gasteiger partial charge on any atom is 0.128 e. The summed E-state index contributed by atoms with van der Waals surface area (Å²) in [5.41, 5.74) is 0.507. The Morgan fingerprint density at radius 2 is 1.82 bits per heavy atom. The van der Waals surface area contributed by atoms with Crippen LogP contribution >= 0.6 is 23.4 Å². The predicted molar refractivity (Wildman–Crippen MR) is 69.1 cm³/mol. The second kappa shape index (κ2) is 5.43. The van der Waals surface area contributed by atoms with Crippen LogP contribution in [0.5, 0.6) is 5.75 Å². The summed E-state index contributed by atoms with van der Waals surface area (Å²) in [5.74, 6) is 0.401. The zero-order valence-electron chi connectivity index (χ0n) is 8.86. The van der Waals surface area contributed by atoms with E-state index in [1.807, 2.05) is 0 Å². The SMILES string of the molecule is Oc1ccc(SCc2c(F)cccc2Cl)cc1. The van der Waals surface area contributed by atoms with Gasteiger partial charge in [0.05, 0.1) is 0 Å². The number of rotatable bonds is 3. The molecule has 0 radical (unpaired) electrons. The third-order valence-electron chi connectivity index (χ3n) is 2.28. The van der Waals surface area contributed by atoms with E-state index in [1.54, 1.807) is 36.4 Å². The molecule has 17 heavy (non-hydrogen) atoms. The molecule has 0 bridgehead atoms. The highest BCUT2D eigenvalue weighted by Gasteiger charge is 2.07. The molecule has 0 heterocycles. The fourth-order valence-electron chi connectivity index (χ4n) is 1.37. The van der Waals surface area contributed by atoms with Crippen LogP contribution in [0, 0.1) is 5.82 Å². The molecule has 4 heteroatoms. The number of hydrogen-bond donors (Lipinski definition) is 1. The van der Waals surface area contributed by atoms with Crippen molar-refractivity contribution < 1.29 is 9.50 Å². The molecule has 2 aromatic carbocycles. The summed E-state index contributed by atoms with van der Waals surface area (Å²) in [6.07, 6.45) is 0. The fourth-order valence-corrected chi connectivity index (χ4v) is 2.61. The van der Waals surface area contributed by atoms with Gasteiger partial charge >= 0.3 is 0 Å². The Labute approximate surface area is 108 Å². The van der Waals surface area contributed by atoms with Gasteiger partial charge in [0.25, 0.3) is 0 Å². The minimum absolute atomic E-state index is 0.221. The summed E-state index contributed by atoms with van der Waals surface area (Å²) < 4.78 is 13.5. The van der Waals surface area contributed by atoms with Gasteiger partial charge < -0.3 is 5.11 Å². The molecular formula is C13H10ClFOS. The maximum atomic E-state index is 13.5. The lowest BCUT2D eigenvalue weighted by Crippen LogP contribution is -1.88. The average molecular weight is 269 g/mol. The lowest BCUT2D eigenvalue weighted by Gasteiger charge is -2.05. The van der Waals surface area contributed by atoms with Gasteiger partial charge in [0.1, 0.15) is 11.6 Å². The average Bonchev–Trinajstić information content (AvgIpc) is 2.31. The summed E-state index contributed by atoms with van der Waals surface area (Å²) in [5, 5.41) is 9.58. The normalized spacial score (nSPS) is 10.5. The number of thioether (sulfide) groups is 1. The molecular weight excluding hydrogens is 259 g/mol. The van der Waals surface area contributed by atoms with Crippen molar-refractivity contribution in [1.29, 1.82) is 0 Å². The molecule has 0 saturated carbocycles. The molecule has 0 aliphatic heterocycles. The molecule has 0 atom stereocenters. The number of phenols is 1. The van der Waals surface area contributed by atoms with E-state index in [-0.39, 0.29) is 11.6 Å². The van der Waals surface area contributed by atoms with E-state index in [9.17, 15) is 4.39 Å². The molecule has 0 aromatic heterocycles. The molecule has 0 unspecified atom stereocenters. The van der Waals surface area contributed by atoms with Crippen LogP contribution in [0.1, 0.15) is 5.56 Å². The van der Waals surface area contributed by atoms with E-state index in [4.69, 9.17) is 16.7 Å². The van der Waals surface area contributed by atoms with Crippen molar-refractivity contribution in [3.8, 4) is 5.75 Å². The Bertz CT molecular complexity index is 493. The fraction of sp³-hybridized carbons (Fsp3) is 0.0769. The van der Waals surface area contributed by atoms with Crippen molar-refractivity contribution in [3.63, 3.8) is 0 Å². The van der Waals surface area contributed by atoms with Gasteiger partial charge in [-0.1, -0.05) is 17.7 Å². The molecule has 0 aliphatic carbocycles. The molecule has 0 fully saturated rings. The van der Waals surface area contributed by atoms with E-state index in [1.165, 1.54) is 17.8 Å². The topological polar surface area (TPSA) is 20.2 Å². The first-order valence-electron chi connectivity index (χ1n) is 5.01. The summed E-state index contributed by atoms with van der Waals surface area (Å²) in [7, 11) is 0. The Balaban J connectivity index is 2.10. The first kappa shape index (κ1) is 12.3. The highest BCUT2D eigenvalue weighted by Crippen LogP contribution is 2.29. The predicted octanol–water partition coefficient (Wildman–Crippen LogP) is 4.48. The van der Waals surface area contributed by atoms with Gasteiger partial charge in [-0.2, -0.15) is 0 Å². The van der Waals surface area contributed by atoms with Crippen LogP contribution in [-0.4, -0.2) is 5.11 Å². The lowest BCUT2D eigenvalue weighted by atomic mass is 10.2. The van der Waals surface area contributed by atoms with Crippen LogP contribution in [0.4, 0.5) is 4.39 Å². The van der Waals surface area contributed by atoms with Crippen molar-refractivity contribution in [2.45, 2.75) is 10.6 Å². The maximum absolute atomic E-state index is 13.5. The molecule has 2 rings (SSSR count). The largest absolute Gasteiger partial charge is 0.508 e. The van der Waals surface area contributed by atoms with Gasteiger partial charge in [-0.15, -0.1) is 11.8 Å². The Hall–Kier alpha value is -1.19. The molecule has 1 N–H and O–H groups in total. The number of benzene rings is 2. The van der Waals surface area contributed by atoms with Gasteiger partial charge in [0, 0.05) is 21.2 Å². The highest BCUT2D eigenvalue weighted by molar-refractivity contribution is 7.98. The van der Waals surface area contributed by atoms with Crippen molar-refractivity contribution in [2.24, 2.45) is 0 Å². The molecule has 0 aliphatic rings. The summed E-state index contributed by atoms with van der Waals surface area (Å²) in [6, 6.07) is 11.4. The van der Waals surface area contributed by atoms with Gasteiger partial charge in [0.2, 0.25) is 0 Å². The van der Waals surface area contributed by atoms with Crippen LogP contribution in [-0.2, 0) is 5.75 Å². The first-order valence-corrected chi connectivity index (χ1v) is 6.38. The van der Waals surface area contributed by atoms with Crippen LogP contribution in [0.2, 0.25) is 5.02 Å². The second-order valence-electron chi connectivity index (χ2n) is 3.48. The zero-order chi connectivity index (χ0) is 12.3.